The Morgan fingerprint density at radius 1 is 1.50 bits per heavy atom. The van der Waals surface area contributed by atoms with Crippen molar-refractivity contribution in [3.8, 4) is 0 Å². The summed E-state index contributed by atoms with van der Waals surface area (Å²) in [5.41, 5.74) is -0.943. The maximum absolute atomic E-state index is 12.4. The normalized spacial score (nSPS) is 18.8. The van der Waals surface area contributed by atoms with Gasteiger partial charge in [0.15, 0.2) is 0 Å². The lowest BCUT2D eigenvalue weighted by atomic mass is 9.92. The number of nitrogens with zero attached hydrogens (tertiary/aromatic N) is 1. The largest absolute Gasteiger partial charge is 0.477 e. The predicted octanol–water partition coefficient (Wildman–Crippen LogP) is 1.29. The van der Waals surface area contributed by atoms with Crippen LogP contribution in [0.2, 0.25) is 0 Å². The fourth-order valence-electron chi connectivity index (χ4n) is 2.37. The van der Waals surface area contributed by atoms with Crippen LogP contribution in [0.4, 0.5) is 0 Å². The highest BCUT2D eigenvalue weighted by Gasteiger charge is 2.47. The van der Waals surface area contributed by atoms with Crippen LogP contribution in [0.5, 0.6) is 0 Å². The molecule has 0 aromatic carbocycles. The molecule has 1 aromatic heterocycles. The number of β-amino-alcohol motifs (C(OH)–C–C–N with tert-alkyl or cyclic N) is 1. The van der Waals surface area contributed by atoms with Gasteiger partial charge in [0.1, 0.15) is 4.88 Å². The van der Waals surface area contributed by atoms with Crippen molar-refractivity contribution in [1.82, 2.24) is 4.31 Å². The number of thiophene rings is 1. The molecule has 2 heterocycles. The smallest absolute Gasteiger partial charge is 0.345 e. The number of aliphatic hydroxyl groups is 1. The molecule has 1 aliphatic rings. The standard InChI is InChI=1S/C12H17NO5S2/c1-3-4-12(16)6-13(7-12)20(17,18)10-5-9(11(14)15)19-8(10)2/h5,16H,3-4,6-7H2,1-2H3,(H,14,15). The number of aromatic carboxylic acids is 1. The van der Waals surface area contributed by atoms with Gasteiger partial charge in [-0.2, -0.15) is 4.31 Å². The lowest BCUT2D eigenvalue weighted by Gasteiger charge is -2.45. The molecule has 1 aliphatic heterocycles. The van der Waals surface area contributed by atoms with Gasteiger partial charge in [0.05, 0.1) is 10.5 Å². The Hall–Kier alpha value is -0.960. The van der Waals surface area contributed by atoms with Crippen molar-refractivity contribution >= 4 is 27.3 Å². The van der Waals surface area contributed by atoms with Crippen LogP contribution in [0.25, 0.3) is 0 Å². The fourth-order valence-corrected chi connectivity index (χ4v) is 5.37. The Balaban J connectivity index is 2.23. The van der Waals surface area contributed by atoms with Gasteiger partial charge in [-0.05, 0) is 19.4 Å². The summed E-state index contributed by atoms with van der Waals surface area (Å²) in [5.74, 6) is -1.13. The third-order valence-electron chi connectivity index (χ3n) is 3.36. The number of aryl methyl sites for hydroxylation is 1. The zero-order valence-electron chi connectivity index (χ0n) is 11.3. The van der Waals surface area contributed by atoms with Gasteiger partial charge in [0.2, 0.25) is 10.0 Å². The maximum atomic E-state index is 12.4. The highest BCUT2D eigenvalue weighted by atomic mass is 32.2. The van der Waals surface area contributed by atoms with Gasteiger partial charge in [-0.1, -0.05) is 13.3 Å². The van der Waals surface area contributed by atoms with Crippen molar-refractivity contribution in [2.75, 3.05) is 13.1 Å². The summed E-state index contributed by atoms with van der Waals surface area (Å²) in [6.45, 7) is 3.65. The molecular weight excluding hydrogens is 302 g/mol. The number of hydrogen-bond acceptors (Lipinski definition) is 5. The molecule has 0 aliphatic carbocycles. The van der Waals surface area contributed by atoms with Crippen molar-refractivity contribution < 1.29 is 23.4 Å². The molecule has 8 heteroatoms. The number of carboxylic acid groups (broad SMARTS) is 1. The Morgan fingerprint density at radius 3 is 2.55 bits per heavy atom. The van der Waals surface area contributed by atoms with E-state index < -0.39 is 21.6 Å². The molecule has 20 heavy (non-hydrogen) atoms. The van der Waals surface area contributed by atoms with Crippen molar-refractivity contribution in [1.29, 1.82) is 0 Å². The summed E-state index contributed by atoms with van der Waals surface area (Å²) in [6, 6.07) is 1.19. The first-order valence-electron chi connectivity index (χ1n) is 6.26. The van der Waals surface area contributed by atoms with E-state index >= 15 is 0 Å². The van der Waals surface area contributed by atoms with Crippen molar-refractivity contribution in [2.45, 2.75) is 37.2 Å². The van der Waals surface area contributed by atoms with E-state index in [1.165, 1.54) is 10.4 Å². The second-order valence-corrected chi connectivity index (χ2v) is 8.25. The molecule has 6 nitrogen and oxygen atoms in total. The van der Waals surface area contributed by atoms with Crippen LogP contribution in [0.1, 0.15) is 34.3 Å². The Kier molecular flexibility index (Phi) is 3.94. The second-order valence-electron chi connectivity index (χ2n) is 5.08. The SMILES string of the molecule is CCCC1(O)CN(S(=O)(=O)c2cc(C(=O)O)sc2C)C1. The Morgan fingerprint density at radius 2 is 2.10 bits per heavy atom. The van der Waals surface area contributed by atoms with Gasteiger partial charge in [-0.3, -0.25) is 0 Å². The van der Waals surface area contributed by atoms with E-state index in [9.17, 15) is 18.3 Å². The van der Waals surface area contributed by atoms with E-state index in [4.69, 9.17) is 5.11 Å². The molecule has 1 saturated heterocycles. The zero-order valence-corrected chi connectivity index (χ0v) is 12.9. The number of rotatable bonds is 5. The molecule has 0 spiro atoms. The number of sulfonamides is 1. The van der Waals surface area contributed by atoms with Gasteiger partial charge in [0, 0.05) is 18.0 Å². The van der Waals surface area contributed by atoms with E-state index in [1.807, 2.05) is 6.92 Å². The second kappa shape index (κ2) is 5.10. The third-order valence-corrected chi connectivity index (χ3v) is 6.44. The van der Waals surface area contributed by atoms with Crippen LogP contribution in [-0.2, 0) is 10.0 Å². The Labute approximate surface area is 121 Å². The minimum atomic E-state index is -3.71. The average Bonchev–Trinajstić information content (AvgIpc) is 2.69. The van der Waals surface area contributed by atoms with Gasteiger partial charge >= 0.3 is 5.97 Å². The highest BCUT2D eigenvalue weighted by Crippen LogP contribution is 2.34. The zero-order chi connectivity index (χ0) is 15.1. The predicted molar refractivity (Wildman–Crippen MR) is 74.6 cm³/mol. The lowest BCUT2D eigenvalue weighted by Crippen LogP contribution is -2.63. The topological polar surface area (TPSA) is 94.9 Å². The molecule has 0 saturated carbocycles. The molecule has 1 fully saturated rings. The molecule has 2 N–H and O–H groups in total. The quantitative estimate of drug-likeness (QED) is 0.853. The van der Waals surface area contributed by atoms with Crippen LogP contribution in [0.3, 0.4) is 0 Å². The van der Waals surface area contributed by atoms with Gasteiger partial charge in [0.25, 0.3) is 0 Å². The fraction of sp³-hybridized carbons (Fsp3) is 0.583. The van der Waals surface area contributed by atoms with E-state index in [0.717, 1.165) is 17.8 Å². The molecule has 0 amide bonds. The summed E-state index contributed by atoms with van der Waals surface area (Å²) in [5, 5.41) is 19.0. The van der Waals surface area contributed by atoms with Crippen LogP contribution < -0.4 is 0 Å². The molecule has 2 rings (SSSR count). The summed E-state index contributed by atoms with van der Waals surface area (Å²) in [4.78, 5) is 11.4. The van der Waals surface area contributed by atoms with Crippen molar-refractivity contribution in [3.63, 3.8) is 0 Å². The number of carboxylic acids is 1. The first-order chi connectivity index (χ1) is 9.19. The van der Waals surface area contributed by atoms with Crippen LogP contribution in [0.15, 0.2) is 11.0 Å². The minimum Gasteiger partial charge on any atom is -0.477 e. The molecule has 0 unspecified atom stereocenters. The first-order valence-corrected chi connectivity index (χ1v) is 8.51. The van der Waals surface area contributed by atoms with Crippen LogP contribution in [0, 0.1) is 6.92 Å². The van der Waals surface area contributed by atoms with Crippen molar-refractivity contribution in [2.24, 2.45) is 0 Å². The average molecular weight is 319 g/mol. The van der Waals surface area contributed by atoms with Gasteiger partial charge in [-0.15, -0.1) is 11.3 Å². The van der Waals surface area contributed by atoms with E-state index in [1.54, 1.807) is 6.92 Å². The number of hydrogen-bond donors (Lipinski definition) is 2. The summed E-state index contributed by atoms with van der Waals surface area (Å²) in [6.07, 6.45) is 1.34. The molecule has 112 valence electrons. The Bertz CT molecular complexity index is 628. The molecule has 0 radical (unpaired) electrons. The maximum Gasteiger partial charge on any atom is 0.345 e. The van der Waals surface area contributed by atoms with Crippen LogP contribution >= 0.6 is 11.3 Å². The van der Waals surface area contributed by atoms with E-state index in [2.05, 4.69) is 0 Å². The number of carbonyl (C=O) groups is 1. The summed E-state index contributed by atoms with van der Waals surface area (Å²) in [7, 11) is -3.71. The lowest BCUT2D eigenvalue weighted by molar-refractivity contribution is -0.0653. The monoisotopic (exact) mass is 319 g/mol. The first kappa shape index (κ1) is 15.4. The third kappa shape index (κ3) is 2.60. The van der Waals surface area contributed by atoms with Gasteiger partial charge < -0.3 is 10.2 Å². The summed E-state index contributed by atoms with van der Waals surface area (Å²) >= 11 is 0.944. The molecule has 1 aromatic rings. The van der Waals surface area contributed by atoms with Crippen LogP contribution in [-0.4, -0.2) is 47.6 Å². The molecule has 0 atom stereocenters. The van der Waals surface area contributed by atoms with E-state index in [-0.39, 0.29) is 22.9 Å². The highest BCUT2D eigenvalue weighted by molar-refractivity contribution is 7.89. The van der Waals surface area contributed by atoms with E-state index in [0.29, 0.717) is 11.3 Å². The minimum absolute atomic E-state index is 0.00502. The van der Waals surface area contributed by atoms with Crippen molar-refractivity contribution in [3.05, 3.63) is 15.8 Å². The summed E-state index contributed by atoms with van der Waals surface area (Å²) < 4.78 is 26.0. The van der Waals surface area contributed by atoms with Gasteiger partial charge in [-0.25, -0.2) is 13.2 Å². The molecule has 0 bridgehead atoms. The molecular formula is C12H17NO5S2.